The van der Waals surface area contributed by atoms with Crippen LogP contribution in [0.2, 0.25) is 0 Å². The van der Waals surface area contributed by atoms with Gasteiger partial charge in [-0.15, -0.1) is 0 Å². The summed E-state index contributed by atoms with van der Waals surface area (Å²) in [6, 6.07) is 15.3. The van der Waals surface area contributed by atoms with Crippen LogP contribution in [0.3, 0.4) is 0 Å². The summed E-state index contributed by atoms with van der Waals surface area (Å²) < 4.78 is 14.0. The molecule has 2 aliphatic heterocycles. The van der Waals surface area contributed by atoms with E-state index in [1.807, 2.05) is 30.3 Å². The van der Waals surface area contributed by atoms with E-state index in [9.17, 15) is 18.8 Å². The lowest BCUT2D eigenvalue weighted by Crippen LogP contribution is -2.58. The Morgan fingerprint density at radius 3 is 2.39 bits per heavy atom. The highest BCUT2D eigenvalue weighted by molar-refractivity contribution is 5.97. The first-order chi connectivity index (χ1) is 17.3. The van der Waals surface area contributed by atoms with Crippen LogP contribution in [0, 0.1) is 11.7 Å². The van der Waals surface area contributed by atoms with Crippen molar-refractivity contribution < 1.29 is 18.8 Å². The number of urea groups is 1. The number of para-hydroxylation sites is 2. The van der Waals surface area contributed by atoms with Crippen molar-refractivity contribution >= 4 is 29.2 Å². The topological polar surface area (TPSA) is 85.0 Å². The Morgan fingerprint density at radius 2 is 1.72 bits per heavy atom. The molecule has 9 heteroatoms. The van der Waals surface area contributed by atoms with E-state index < -0.39 is 17.4 Å². The van der Waals surface area contributed by atoms with E-state index in [1.54, 1.807) is 21.9 Å². The van der Waals surface area contributed by atoms with Crippen LogP contribution in [0.25, 0.3) is 0 Å². The fourth-order valence-electron chi connectivity index (χ4n) is 4.82. The Labute approximate surface area is 211 Å². The van der Waals surface area contributed by atoms with Crippen molar-refractivity contribution in [2.45, 2.75) is 38.6 Å². The van der Waals surface area contributed by atoms with Gasteiger partial charge in [0.1, 0.15) is 17.9 Å². The first-order valence-electron chi connectivity index (χ1n) is 12.5. The molecule has 1 spiro atoms. The minimum Gasteiger partial charge on any atom is -0.354 e. The van der Waals surface area contributed by atoms with Crippen molar-refractivity contribution in [2.24, 2.45) is 5.92 Å². The third-order valence-corrected chi connectivity index (χ3v) is 7.25. The Hall–Kier alpha value is -3.62. The Morgan fingerprint density at radius 1 is 1.06 bits per heavy atom. The van der Waals surface area contributed by atoms with Gasteiger partial charge in [0, 0.05) is 25.3 Å². The van der Waals surface area contributed by atoms with Gasteiger partial charge in [-0.25, -0.2) is 9.18 Å². The van der Waals surface area contributed by atoms with Crippen molar-refractivity contribution in [2.75, 3.05) is 43.1 Å². The second kappa shape index (κ2) is 11.0. The fraction of sp³-hybridized carbons (Fsp3) is 0.444. The van der Waals surface area contributed by atoms with Crippen LogP contribution in [0.5, 0.6) is 0 Å². The minimum absolute atomic E-state index is 0.00215. The van der Waals surface area contributed by atoms with E-state index in [2.05, 4.69) is 29.4 Å². The van der Waals surface area contributed by atoms with Gasteiger partial charge in [0.2, 0.25) is 5.91 Å². The summed E-state index contributed by atoms with van der Waals surface area (Å²) >= 11 is 0. The number of likely N-dealkylation sites (tertiary alicyclic amines) is 1. The van der Waals surface area contributed by atoms with E-state index in [1.165, 1.54) is 12.1 Å². The predicted molar refractivity (Wildman–Crippen MR) is 137 cm³/mol. The van der Waals surface area contributed by atoms with Gasteiger partial charge in [0.25, 0.3) is 5.91 Å². The quantitative estimate of drug-likeness (QED) is 0.614. The molecule has 1 unspecified atom stereocenters. The molecule has 36 heavy (non-hydrogen) atoms. The van der Waals surface area contributed by atoms with Crippen LogP contribution in [0.1, 0.15) is 33.1 Å². The third kappa shape index (κ3) is 5.29. The summed E-state index contributed by atoms with van der Waals surface area (Å²) in [5.74, 6) is -0.396. The zero-order chi connectivity index (χ0) is 25.7. The molecule has 2 aromatic rings. The SMILES string of the molecule is CCC(C)CNC(=O)CN1CN(c2ccccc2)C2(CCN(C(=O)Nc3ccccc3F)CC2)C1=O. The molecule has 0 aromatic heterocycles. The molecule has 192 valence electrons. The molecule has 0 radical (unpaired) electrons. The molecule has 1 atom stereocenters. The lowest BCUT2D eigenvalue weighted by Gasteiger charge is -2.43. The molecule has 2 saturated heterocycles. The maximum atomic E-state index is 14.0. The standard InChI is InChI=1S/C27H34FN5O3/c1-3-20(2)17-29-24(34)18-32-19-33(21-9-5-4-6-10-21)27(25(32)35)13-15-31(16-14-27)26(36)30-23-12-8-7-11-22(23)28/h4-12,20H,3,13-19H2,1-2H3,(H,29,34)(H,30,36). The number of anilines is 2. The van der Waals surface area contributed by atoms with Crippen LogP contribution in [0.4, 0.5) is 20.6 Å². The smallest absolute Gasteiger partial charge is 0.321 e. The summed E-state index contributed by atoms with van der Waals surface area (Å²) in [7, 11) is 0. The van der Waals surface area contributed by atoms with Crippen LogP contribution in [0.15, 0.2) is 54.6 Å². The lowest BCUT2D eigenvalue weighted by atomic mass is 9.85. The molecule has 4 amide bonds. The Balaban J connectivity index is 1.47. The number of carbonyl (C=O) groups is 3. The van der Waals surface area contributed by atoms with E-state index in [0.29, 0.717) is 45.1 Å². The second-order valence-electron chi connectivity index (χ2n) is 9.65. The zero-order valence-corrected chi connectivity index (χ0v) is 20.9. The molecule has 2 heterocycles. The lowest BCUT2D eigenvalue weighted by molar-refractivity contribution is -0.137. The van der Waals surface area contributed by atoms with Crippen LogP contribution in [-0.4, -0.2) is 66.0 Å². The maximum absolute atomic E-state index is 14.0. The highest BCUT2D eigenvalue weighted by Gasteiger charge is 2.54. The number of hydrogen-bond acceptors (Lipinski definition) is 4. The van der Waals surface area contributed by atoms with Gasteiger partial charge in [-0.05, 0) is 43.0 Å². The third-order valence-electron chi connectivity index (χ3n) is 7.25. The van der Waals surface area contributed by atoms with Crippen LogP contribution < -0.4 is 15.5 Å². The van der Waals surface area contributed by atoms with E-state index in [4.69, 9.17) is 0 Å². The number of carbonyl (C=O) groups excluding carboxylic acids is 3. The number of nitrogens with zero attached hydrogens (tertiary/aromatic N) is 3. The monoisotopic (exact) mass is 495 g/mol. The maximum Gasteiger partial charge on any atom is 0.321 e. The summed E-state index contributed by atoms with van der Waals surface area (Å²) in [5.41, 5.74) is 0.186. The van der Waals surface area contributed by atoms with E-state index in [-0.39, 0.29) is 24.0 Å². The average Bonchev–Trinajstić information content (AvgIpc) is 3.15. The number of amides is 4. The summed E-state index contributed by atoms with van der Waals surface area (Å²) in [6.45, 7) is 5.71. The van der Waals surface area contributed by atoms with Gasteiger partial charge in [0.05, 0.1) is 12.4 Å². The Bertz CT molecular complexity index is 1090. The number of halogens is 1. The van der Waals surface area contributed by atoms with Crippen molar-refractivity contribution in [3.8, 4) is 0 Å². The number of rotatable bonds is 7. The summed E-state index contributed by atoms with van der Waals surface area (Å²) in [5, 5.41) is 5.56. The molecular weight excluding hydrogens is 461 g/mol. The molecule has 0 aliphatic carbocycles. The van der Waals surface area contributed by atoms with Gasteiger partial charge in [-0.2, -0.15) is 0 Å². The number of piperidine rings is 1. The van der Waals surface area contributed by atoms with Crippen LogP contribution >= 0.6 is 0 Å². The first-order valence-corrected chi connectivity index (χ1v) is 12.5. The molecular formula is C27H34FN5O3. The molecule has 2 aromatic carbocycles. The molecule has 0 saturated carbocycles. The predicted octanol–water partition coefficient (Wildman–Crippen LogP) is 3.66. The summed E-state index contributed by atoms with van der Waals surface area (Å²) in [6.07, 6.45) is 1.79. The average molecular weight is 496 g/mol. The molecule has 2 N–H and O–H groups in total. The van der Waals surface area contributed by atoms with Crippen molar-refractivity contribution in [3.63, 3.8) is 0 Å². The van der Waals surface area contributed by atoms with Gasteiger partial charge < -0.3 is 25.3 Å². The number of nitrogens with one attached hydrogen (secondary N) is 2. The summed E-state index contributed by atoms with van der Waals surface area (Å²) in [4.78, 5) is 44.4. The van der Waals surface area contributed by atoms with Crippen molar-refractivity contribution in [3.05, 3.63) is 60.4 Å². The minimum atomic E-state index is -0.840. The fourth-order valence-corrected chi connectivity index (χ4v) is 4.82. The highest BCUT2D eigenvalue weighted by Crippen LogP contribution is 2.39. The van der Waals surface area contributed by atoms with Crippen LogP contribution in [-0.2, 0) is 9.59 Å². The molecule has 2 fully saturated rings. The Kier molecular flexibility index (Phi) is 7.76. The second-order valence-corrected chi connectivity index (χ2v) is 9.65. The van der Waals surface area contributed by atoms with Gasteiger partial charge in [-0.1, -0.05) is 50.6 Å². The molecule has 2 aliphatic rings. The number of hydrogen-bond donors (Lipinski definition) is 2. The molecule has 4 rings (SSSR count). The van der Waals surface area contributed by atoms with Gasteiger partial charge >= 0.3 is 6.03 Å². The first kappa shape index (κ1) is 25.5. The zero-order valence-electron chi connectivity index (χ0n) is 20.9. The van der Waals surface area contributed by atoms with E-state index >= 15 is 0 Å². The van der Waals surface area contributed by atoms with Crippen molar-refractivity contribution in [1.29, 1.82) is 0 Å². The normalized spacial score (nSPS) is 17.9. The number of benzene rings is 2. The highest BCUT2D eigenvalue weighted by atomic mass is 19.1. The molecule has 0 bridgehead atoms. The molecule has 8 nitrogen and oxygen atoms in total. The van der Waals surface area contributed by atoms with E-state index in [0.717, 1.165) is 12.1 Å². The van der Waals surface area contributed by atoms with Gasteiger partial charge in [-0.3, -0.25) is 9.59 Å². The van der Waals surface area contributed by atoms with Crippen molar-refractivity contribution in [1.82, 2.24) is 15.1 Å². The van der Waals surface area contributed by atoms with Gasteiger partial charge in [0.15, 0.2) is 0 Å². The largest absolute Gasteiger partial charge is 0.354 e.